The van der Waals surface area contributed by atoms with E-state index >= 15 is 0 Å². The maximum absolute atomic E-state index is 12.1. The highest BCUT2D eigenvalue weighted by atomic mass is 16.1. The summed E-state index contributed by atoms with van der Waals surface area (Å²) in [4.78, 5) is 24.1. The van der Waals surface area contributed by atoms with Crippen LogP contribution >= 0.6 is 0 Å². The second-order valence-corrected chi connectivity index (χ2v) is 8.12. The fraction of sp³-hybridized carbons (Fsp3) is 0.133. The molecule has 0 spiro atoms. The van der Waals surface area contributed by atoms with Gasteiger partial charge in [0.25, 0.3) is 0 Å². The van der Waals surface area contributed by atoms with Crippen LogP contribution < -0.4 is 0 Å². The van der Waals surface area contributed by atoms with Crippen molar-refractivity contribution in [3.05, 3.63) is 142 Å². The van der Waals surface area contributed by atoms with Crippen molar-refractivity contribution in [2.24, 2.45) is 0 Å². The van der Waals surface area contributed by atoms with Crippen molar-refractivity contribution < 1.29 is 9.59 Å². The lowest BCUT2D eigenvalue weighted by Crippen LogP contribution is -2.00. The first-order chi connectivity index (χ1) is 15.3. The summed E-state index contributed by atoms with van der Waals surface area (Å²) >= 11 is 0. The second kappa shape index (κ2) is 10.5. The number of hydrogen-bond acceptors (Lipinski definition) is 2. The number of benzene rings is 4. The van der Waals surface area contributed by atoms with Crippen LogP contribution in [-0.2, 0) is 0 Å². The topological polar surface area (TPSA) is 34.1 Å². The maximum atomic E-state index is 12.1. The highest BCUT2D eigenvalue weighted by molar-refractivity contribution is 6.09. The molecule has 4 rings (SSSR count). The van der Waals surface area contributed by atoms with Gasteiger partial charge in [0.05, 0.1) is 0 Å². The molecule has 2 nitrogen and oxygen atoms in total. The zero-order chi connectivity index (χ0) is 23.1. The molecule has 0 bridgehead atoms. The van der Waals surface area contributed by atoms with Crippen LogP contribution in [0.25, 0.3) is 0 Å². The molecule has 2 heteroatoms. The Bertz CT molecular complexity index is 988. The Labute approximate surface area is 190 Å². The monoisotopic (exact) mass is 420 g/mol. The lowest BCUT2D eigenvalue weighted by Gasteiger charge is -2.02. The fourth-order valence-electron chi connectivity index (χ4n) is 3.15. The smallest absolute Gasteiger partial charge is 0.193 e. The Morgan fingerprint density at radius 3 is 0.656 bits per heavy atom. The molecule has 0 amide bonds. The SMILES string of the molecule is Cc1ccc(C(=O)c2ccc(C)cc2)cc1.Cc1ccc(C(=O)c2ccc(C)cc2)cc1. The van der Waals surface area contributed by atoms with Crippen molar-refractivity contribution in [3.8, 4) is 0 Å². The normalized spacial score (nSPS) is 10.1. The highest BCUT2D eigenvalue weighted by Crippen LogP contribution is 2.13. The van der Waals surface area contributed by atoms with Crippen LogP contribution in [0, 0.1) is 27.7 Å². The van der Waals surface area contributed by atoms with Gasteiger partial charge in [-0.05, 0) is 27.7 Å². The van der Waals surface area contributed by atoms with Gasteiger partial charge in [-0.25, -0.2) is 0 Å². The Balaban J connectivity index is 0.000000181. The van der Waals surface area contributed by atoms with Gasteiger partial charge in [-0.2, -0.15) is 0 Å². The van der Waals surface area contributed by atoms with Gasteiger partial charge in [0.15, 0.2) is 11.6 Å². The first-order valence-electron chi connectivity index (χ1n) is 10.7. The van der Waals surface area contributed by atoms with E-state index < -0.39 is 0 Å². The Kier molecular flexibility index (Phi) is 7.51. The predicted octanol–water partition coefficient (Wildman–Crippen LogP) is 7.07. The molecule has 0 atom stereocenters. The van der Waals surface area contributed by atoms with Crippen LogP contribution in [0.4, 0.5) is 0 Å². The third-order valence-electron chi connectivity index (χ3n) is 5.26. The lowest BCUT2D eigenvalue weighted by atomic mass is 10.0. The van der Waals surface area contributed by atoms with Gasteiger partial charge < -0.3 is 0 Å². The number of ketones is 2. The van der Waals surface area contributed by atoms with Gasteiger partial charge in [-0.15, -0.1) is 0 Å². The van der Waals surface area contributed by atoms with E-state index in [4.69, 9.17) is 0 Å². The molecule has 0 fully saturated rings. The summed E-state index contributed by atoms with van der Waals surface area (Å²) in [5.74, 6) is 0.167. The molecule has 32 heavy (non-hydrogen) atoms. The molecule has 0 aliphatic carbocycles. The van der Waals surface area contributed by atoms with Crippen molar-refractivity contribution in [1.29, 1.82) is 0 Å². The molecule has 0 aromatic heterocycles. The summed E-state index contributed by atoms with van der Waals surface area (Å²) in [7, 11) is 0. The minimum atomic E-state index is 0.0833. The molecule has 0 saturated carbocycles. The largest absolute Gasteiger partial charge is 0.289 e. The van der Waals surface area contributed by atoms with Gasteiger partial charge in [0, 0.05) is 22.3 Å². The van der Waals surface area contributed by atoms with E-state index in [9.17, 15) is 9.59 Å². The van der Waals surface area contributed by atoms with Gasteiger partial charge in [-0.3, -0.25) is 9.59 Å². The third kappa shape index (κ3) is 6.12. The predicted molar refractivity (Wildman–Crippen MR) is 132 cm³/mol. The van der Waals surface area contributed by atoms with Gasteiger partial charge >= 0.3 is 0 Å². The molecule has 0 aliphatic rings. The van der Waals surface area contributed by atoms with E-state index in [0.29, 0.717) is 0 Å². The average Bonchev–Trinajstić information content (AvgIpc) is 2.81. The van der Waals surface area contributed by atoms with Crippen molar-refractivity contribution in [3.63, 3.8) is 0 Å². The molecule has 0 aliphatic heterocycles. The molecule has 0 heterocycles. The highest BCUT2D eigenvalue weighted by Gasteiger charge is 2.08. The summed E-state index contributed by atoms with van der Waals surface area (Å²) in [5, 5.41) is 0. The van der Waals surface area contributed by atoms with E-state index in [1.165, 1.54) is 22.3 Å². The summed E-state index contributed by atoms with van der Waals surface area (Å²) in [6, 6.07) is 30.7. The molecule has 0 N–H and O–H groups in total. The molecule has 0 radical (unpaired) electrons. The molecule has 160 valence electrons. The average molecular weight is 421 g/mol. The number of rotatable bonds is 4. The van der Waals surface area contributed by atoms with E-state index in [1.54, 1.807) is 0 Å². The lowest BCUT2D eigenvalue weighted by molar-refractivity contribution is 0.103. The number of carbonyl (C=O) groups is 2. The first kappa shape index (κ1) is 22.9. The summed E-state index contributed by atoms with van der Waals surface area (Å²) < 4.78 is 0. The minimum absolute atomic E-state index is 0.0833. The van der Waals surface area contributed by atoms with E-state index in [1.807, 2.05) is 125 Å². The summed E-state index contributed by atoms with van der Waals surface area (Å²) in [6.45, 7) is 8.06. The number of carbonyl (C=O) groups excluding carboxylic acids is 2. The number of hydrogen-bond donors (Lipinski definition) is 0. The van der Waals surface area contributed by atoms with Crippen LogP contribution in [0.5, 0.6) is 0 Å². The van der Waals surface area contributed by atoms with Crippen molar-refractivity contribution in [2.75, 3.05) is 0 Å². The zero-order valence-electron chi connectivity index (χ0n) is 19.1. The van der Waals surface area contributed by atoms with E-state index in [2.05, 4.69) is 0 Å². The van der Waals surface area contributed by atoms with Gasteiger partial charge in [0.1, 0.15) is 0 Å². The van der Waals surface area contributed by atoms with Crippen LogP contribution in [-0.4, -0.2) is 11.6 Å². The molecule has 4 aromatic carbocycles. The van der Waals surface area contributed by atoms with Crippen LogP contribution in [0.3, 0.4) is 0 Å². The fourth-order valence-corrected chi connectivity index (χ4v) is 3.15. The second-order valence-electron chi connectivity index (χ2n) is 8.12. The van der Waals surface area contributed by atoms with Crippen LogP contribution in [0.1, 0.15) is 54.1 Å². The molecular formula is C30H28O2. The Morgan fingerprint density at radius 1 is 0.344 bits per heavy atom. The maximum Gasteiger partial charge on any atom is 0.193 e. The Hall–Kier alpha value is -3.78. The van der Waals surface area contributed by atoms with Crippen molar-refractivity contribution >= 4 is 11.6 Å². The summed E-state index contributed by atoms with van der Waals surface area (Å²) in [5.41, 5.74) is 7.65. The summed E-state index contributed by atoms with van der Waals surface area (Å²) in [6.07, 6.45) is 0. The minimum Gasteiger partial charge on any atom is -0.289 e. The number of aryl methyl sites for hydroxylation is 4. The third-order valence-corrected chi connectivity index (χ3v) is 5.26. The molecule has 0 unspecified atom stereocenters. The first-order valence-corrected chi connectivity index (χ1v) is 10.7. The van der Waals surface area contributed by atoms with Crippen LogP contribution in [0.15, 0.2) is 97.1 Å². The van der Waals surface area contributed by atoms with Crippen molar-refractivity contribution in [1.82, 2.24) is 0 Å². The standard InChI is InChI=1S/2C15H14O/c2*1-11-3-7-13(8-4-11)15(16)14-9-5-12(2)6-10-14/h2*3-10H,1-2H3. The zero-order valence-corrected chi connectivity index (χ0v) is 19.1. The van der Waals surface area contributed by atoms with Crippen molar-refractivity contribution in [2.45, 2.75) is 27.7 Å². The van der Waals surface area contributed by atoms with E-state index in [-0.39, 0.29) is 11.6 Å². The molecule has 0 saturated heterocycles. The quantitative estimate of drug-likeness (QED) is 0.331. The molecular weight excluding hydrogens is 392 g/mol. The van der Waals surface area contributed by atoms with Crippen LogP contribution in [0.2, 0.25) is 0 Å². The van der Waals surface area contributed by atoms with Gasteiger partial charge in [-0.1, -0.05) is 119 Å². The van der Waals surface area contributed by atoms with E-state index in [0.717, 1.165) is 22.3 Å². The molecule has 4 aromatic rings. The van der Waals surface area contributed by atoms with Gasteiger partial charge in [0.2, 0.25) is 0 Å². The Morgan fingerprint density at radius 2 is 0.500 bits per heavy atom.